The van der Waals surface area contributed by atoms with Crippen LogP contribution in [0.25, 0.3) is 22.3 Å². The third kappa shape index (κ3) is 4.94. The Morgan fingerprint density at radius 1 is 1.03 bits per heavy atom. The maximum Gasteiger partial charge on any atom is 0.252 e. The molecule has 170 valence electrons. The van der Waals surface area contributed by atoms with E-state index in [1.165, 1.54) is 0 Å². The first kappa shape index (κ1) is 22.6. The first-order valence-electron chi connectivity index (χ1n) is 10.7. The summed E-state index contributed by atoms with van der Waals surface area (Å²) < 4.78 is 29.1. The van der Waals surface area contributed by atoms with Gasteiger partial charge in [0, 0.05) is 25.2 Å². The molecule has 2 heterocycles. The molecule has 4 rings (SSSR count). The zero-order valence-electron chi connectivity index (χ0n) is 18.4. The summed E-state index contributed by atoms with van der Waals surface area (Å²) in [5.41, 5.74) is 3.61. The summed E-state index contributed by atoms with van der Waals surface area (Å²) >= 11 is 0. The zero-order chi connectivity index (χ0) is 23.4. The van der Waals surface area contributed by atoms with E-state index in [1.807, 2.05) is 44.2 Å². The van der Waals surface area contributed by atoms with Gasteiger partial charge in [0.05, 0.1) is 27.7 Å². The number of aromatic nitrogens is 3. The average molecular weight is 464 g/mol. The minimum Gasteiger partial charge on any atom is -0.351 e. The predicted octanol–water partition coefficient (Wildman–Crippen LogP) is 3.13. The van der Waals surface area contributed by atoms with Crippen molar-refractivity contribution in [1.82, 2.24) is 24.8 Å². The summed E-state index contributed by atoms with van der Waals surface area (Å²) in [5, 5.41) is 7.79. The Bertz CT molecular complexity index is 1380. The topological polar surface area (TPSA) is 106 Å². The second kappa shape index (κ2) is 9.51. The molecule has 0 saturated heterocycles. The van der Waals surface area contributed by atoms with E-state index in [2.05, 4.69) is 15.1 Å². The van der Waals surface area contributed by atoms with E-state index in [9.17, 15) is 13.2 Å². The van der Waals surface area contributed by atoms with Crippen molar-refractivity contribution in [1.29, 1.82) is 0 Å². The molecule has 0 radical (unpaired) electrons. The van der Waals surface area contributed by atoms with Crippen LogP contribution in [0.5, 0.6) is 0 Å². The van der Waals surface area contributed by atoms with Crippen LogP contribution >= 0.6 is 0 Å². The lowest BCUT2D eigenvalue weighted by Crippen LogP contribution is -2.34. The minimum absolute atomic E-state index is 0.0654. The van der Waals surface area contributed by atoms with Gasteiger partial charge in [-0.25, -0.2) is 22.8 Å². The highest BCUT2D eigenvalue weighted by molar-refractivity contribution is 7.89. The van der Waals surface area contributed by atoms with Gasteiger partial charge < -0.3 is 5.32 Å². The van der Waals surface area contributed by atoms with Crippen LogP contribution in [0.1, 0.15) is 22.8 Å². The number of amides is 1. The Labute approximate surface area is 192 Å². The van der Waals surface area contributed by atoms with Gasteiger partial charge in [-0.05, 0) is 32.0 Å². The lowest BCUT2D eigenvalue weighted by molar-refractivity contribution is 0.0956. The number of pyridine rings is 1. The van der Waals surface area contributed by atoms with E-state index in [0.717, 1.165) is 11.1 Å². The molecular formula is C24H25N5O3S. The van der Waals surface area contributed by atoms with Crippen molar-refractivity contribution in [2.45, 2.75) is 25.3 Å². The van der Waals surface area contributed by atoms with Crippen LogP contribution in [0.2, 0.25) is 0 Å². The molecule has 8 nitrogen and oxygen atoms in total. The van der Waals surface area contributed by atoms with Crippen LogP contribution < -0.4 is 10.0 Å². The van der Waals surface area contributed by atoms with Gasteiger partial charge in [-0.3, -0.25) is 4.79 Å². The molecule has 0 fully saturated rings. The molecule has 0 spiro atoms. The lowest BCUT2D eigenvalue weighted by Gasteiger charge is -2.10. The van der Waals surface area contributed by atoms with Gasteiger partial charge in [-0.1, -0.05) is 48.0 Å². The normalized spacial score (nSPS) is 11.6. The number of benzene rings is 2. The van der Waals surface area contributed by atoms with Crippen LogP contribution in [-0.4, -0.2) is 42.2 Å². The minimum atomic E-state index is -3.64. The Kier molecular flexibility index (Phi) is 6.52. The van der Waals surface area contributed by atoms with Gasteiger partial charge in [-0.2, -0.15) is 5.10 Å². The number of hydrogen-bond donors (Lipinski definition) is 2. The fourth-order valence-corrected chi connectivity index (χ4v) is 4.51. The second-order valence-corrected chi connectivity index (χ2v) is 9.35. The molecule has 9 heteroatoms. The summed E-state index contributed by atoms with van der Waals surface area (Å²) in [6.45, 7) is 4.68. The monoisotopic (exact) mass is 463 g/mol. The van der Waals surface area contributed by atoms with Gasteiger partial charge in [0.1, 0.15) is 0 Å². The van der Waals surface area contributed by atoms with E-state index in [-0.39, 0.29) is 23.9 Å². The SMILES string of the molecule is CCn1ncc2c(C(=O)NCCNS(=O)(=O)c3ccc(C)cc3)cc(-c3ccccc3)nc21. The molecule has 0 unspecified atom stereocenters. The molecular weight excluding hydrogens is 438 g/mol. The number of carbonyl (C=O) groups is 1. The number of carbonyl (C=O) groups excluding carboxylic acids is 1. The van der Waals surface area contributed by atoms with E-state index in [1.54, 1.807) is 41.2 Å². The van der Waals surface area contributed by atoms with Crippen molar-refractivity contribution in [2.75, 3.05) is 13.1 Å². The molecule has 0 bridgehead atoms. The van der Waals surface area contributed by atoms with Crippen LogP contribution in [0.15, 0.2) is 71.8 Å². The molecule has 2 N–H and O–H groups in total. The molecule has 0 aliphatic rings. The number of nitrogens with zero attached hydrogens (tertiary/aromatic N) is 3. The number of hydrogen-bond acceptors (Lipinski definition) is 5. The Balaban J connectivity index is 1.51. The van der Waals surface area contributed by atoms with Crippen molar-refractivity contribution in [2.24, 2.45) is 0 Å². The number of rotatable bonds is 8. The Morgan fingerprint density at radius 2 is 1.76 bits per heavy atom. The Hall–Kier alpha value is -3.56. The second-order valence-electron chi connectivity index (χ2n) is 7.59. The van der Waals surface area contributed by atoms with E-state index >= 15 is 0 Å². The van der Waals surface area contributed by atoms with Crippen molar-refractivity contribution < 1.29 is 13.2 Å². The fraction of sp³-hybridized carbons (Fsp3) is 0.208. The van der Waals surface area contributed by atoms with Crippen molar-refractivity contribution >= 4 is 27.0 Å². The quantitative estimate of drug-likeness (QED) is 0.391. The summed E-state index contributed by atoms with van der Waals surface area (Å²) in [5.74, 6) is -0.315. The highest BCUT2D eigenvalue weighted by atomic mass is 32.2. The number of fused-ring (bicyclic) bond motifs is 1. The molecule has 0 aliphatic carbocycles. The van der Waals surface area contributed by atoms with Gasteiger partial charge in [0.25, 0.3) is 5.91 Å². The molecule has 0 aliphatic heterocycles. The van der Waals surface area contributed by atoms with Gasteiger partial charge in [-0.15, -0.1) is 0 Å². The fourth-order valence-electron chi connectivity index (χ4n) is 3.48. The molecule has 2 aromatic carbocycles. The molecule has 0 saturated carbocycles. The van der Waals surface area contributed by atoms with E-state index in [0.29, 0.717) is 28.8 Å². The third-order valence-electron chi connectivity index (χ3n) is 5.26. The van der Waals surface area contributed by atoms with Crippen molar-refractivity contribution in [3.8, 4) is 11.3 Å². The Morgan fingerprint density at radius 3 is 2.45 bits per heavy atom. The first-order chi connectivity index (χ1) is 15.9. The van der Waals surface area contributed by atoms with Crippen LogP contribution in [0, 0.1) is 6.92 Å². The van der Waals surface area contributed by atoms with Crippen molar-refractivity contribution in [3.63, 3.8) is 0 Å². The molecule has 1 amide bonds. The zero-order valence-corrected chi connectivity index (χ0v) is 19.3. The van der Waals surface area contributed by atoms with Crippen LogP contribution in [0.4, 0.5) is 0 Å². The number of aryl methyl sites for hydroxylation is 2. The largest absolute Gasteiger partial charge is 0.351 e. The van der Waals surface area contributed by atoms with Gasteiger partial charge >= 0.3 is 0 Å². The van der Waals surface area contributed by atoms with Crippen LogP contribution in [0.3, 0.4) is 0 Å². The maximum absolute atomic E-state index is 13.0. The highest BCUT2D eigenvalue weighted by Gasteiger charge is 2.18. The first-order valence-corrected chi connectivity index (χ1v) is 12.1. The summed E-state index contributed by atoms with van der Waals surface area (Å²) in [6, 6.07) is 18.0. The summed E-state index contributed by atoms with van der Waals surface area (Å²) in [6.07, 6.45) is 1.63. The number of sulfonamides is 1. The summed E-state index contributed by atoms with van der Waals surface area (Å²) in [7, 11) is -3.64. The molecule has 33 heavy (non-hydrogen) atoms. The standard InChI is InChI=1S/C24H25N5O3S/c1-3-29-23-21(16-26-29)20(15-22(28-23)18-7-5-4-6-8-18)24(30)25-13-14-27-33(31,32)19-11-9-17(2)10-12-19/h4-12,15-16,27H,3,13-14H2,1-2H3,(H,25,30). The van der Waals surface area contributed by atoms with Crippen LogP contribution in [-0.2, 0) is 16.6 Å². The number of nitrogens with one attached hydrogen (secondary N) is 2. The molecule has 4 aromatic rings. The smallest absolute Gasteiger partial charge is 0.252 e. The van der Waals surface area contributed by atoms with E-state index in [4.69, 9.17) is 4.98 Å². The maximum atomic E-state index is 13.0. The molecule has 0 atom stereocenters. The summed E-state index contributed by atoms with van der Waals surface area (Å²) in [4.78, 5) is 17.9. The van der Waals surface area contributed by atoms with Gasteiger partial charge in [0.15, 0.2) is 5.65 Å². The highest BCUT2D eigenvalue weighted by Crippen LogP contribution is 2.25. The van der Waals surface area contributed by atoms with Gasteiger partial charge in [0.2, 0.25) is 10.0 Å². The van der Waals surface area contributed by atoms with Crippen molar-refractivity contribution in [3.05, 3.63) is 78.0 Å². The van der Waals surface area contributed by atoms with E-state index < -0.39 is 10.0 Å². The molecule has 2 aromatic heterocycles. The lowest BCUT2D eigenvalue weighted by atomic mass is 10.1. The third-order valence-corrected chi connectivity index (χ3v) is 6.73. The predicted molar refractivity (Wildman–Crippen MR) is 127 cm³/mol. The average Bonchev–Trinajstić information content (AvgIpc) is 3.25.